The first-order chi connectivity index (χ1) is 13.9. The summed E-state index contributed by atoms with van der Waals surface area (Å²) in [6.07, 6.45) is 2.65. The lowest BCUT2D eigenvalue weighted by atomic mass is 9.76. The molecular weight excluding hydrogens is 380 g/mol. The quantitative estimate of drug-likeness (QED) is 0.123. The second kappa shape index (κ2) is 10.6. The lowest BCUT2D eigenvalue weighted by molar-refractivity contribution is -0.137. The zero-order chi connectivity index (χ0) is 23.1. The third kappa shape index (κ3) is 6.35. The van der Waals surface area contributed by atoms with Crippen molar-refractivity contribution in [3.05, 3.63) is 40.7 Å². The summed E-state index contributed by atoms with van der Waals surface area (Å²) in [4.78, 5) is 23.3. The highest BCUT2D eigenvalue weighted by atomic mass is 16.5. The molecule has 0 unspecified atom stereocenters. The Bertz CT molecular complexity index is 787. The van der Waals surface area contributed by atoms with Gasteiger partial charge in [0.25, 0.3) is 0 Å². The van der Waals surface area contributed by atoms with Crippen molar-refractivity contribution in [3.63, 3.8) is 0 Å². The summed E-state index contributed by atoms with van der Waals surface area (Å²) >= 11 is 0. The van der Waals surface area contributed by atoms with Gasteiger partial charge in [0.05, 0.1) is 13.7 Å². The number of ether oxygens (including phenoxy) is 2. The maximum atomic E-state index is 11.7. The molecule has 0 radical (unpaired) electrons. The van der Waals surface area contributed by atoms with Crippen molar-refractivity contribution in [3.8, 4) is 5.75 Å². The molecule has 0 aliphatic heterocycles. The second-order valence-electron chi connectivity index (χ2n) is 9.01. The van der Waals surface area contributed by atoms with Crippen molar-refractivity contribution >= 4 is 11.8 Å². The molecule has 5 nitrogen and oxygen atoms in total. The summed E-state index contributed by atoms with van der Waals surface area (Å²) in [5, 5.41) is 10.2. The minimum atomic E-state index is -0.818. The Morgan fingerprint density at radius 2 is 1.63 bits per heavy atom. The van der Waals surface area contributed by atoms with Gasteiger partial charge in [-0.1, -0.05) is 53.7 Å². The predicted octanol–water partition coefficient (Wildman–Crippen LogP) is 5.79. The highest BCUT2D eigenvalue weighted by Crippen LogP contribution is 2.38. The maximum absolute atomic E-state index is 11.7. The molecule has 1 aromatic carbocycles. The van der Waals surface area contributed by atoms with Gasteiger partial charge in [-0.2, -0.15) is 0 Å². The monoisotopic (exact) mass is 418 g/mol. The summed E-state index contributed by atoms with van der Waals surface area (Å²) in [7, 11) is 1.18. The molecule has 5 heteroatoms. The maximum Gasteiger partial charge on any atom is 0.344 e. The number of benzene rings is 1. The van der Waals surface area contributed by atoms with Crippen molar-refractivity contribution in [2.75, 3.05) is 13.7 Å². The summed E-state index contributed by atoms with van der Waals surface area (Å²) < 4.78 is 10.6. The number of aliphatic hydroxyl groups is 1. The molecule has 0 bridgehead atoms. The van der Waals surface area contributed by atoms with Gasteiger partial charge in [-0.05, 0) is 48.6 Å². The van der Waals surface area contributed by atoms with Crippen LogP contribution in [0.1, 0.15) is 85.3 Å². The lowest BCUT2D eigenvalue weighted by Gasteiger charge is -2.30. The first-order valence-corrected chi connectivity index (χ1v) is 10.7. The Balaban J connectivity index is 3.01. The molecule has 0 saturated heterocycles. The number of hydrogen-bond donors (Lipinski definition) is 1. The molecule has 0 heterocycles. The van der Waals surface area contributed by atoms with Crippen LogP contribution in [0, 0.1) is 0 Å². The third-order valence-electron chi connectivity index (χ3n) is 6.10. The van der Waals surface area contributed by atoms with Crippen LogP contribution in [0.5, 0.6) is 5.75 Å². The van der Waals surface area contributed by atoms with E-state index < -0.39 is 11.8 Å². The minimum absolute atomic E-state index is 0.0378. The van der Waals surface area contributed by atoms with E-state index in [0.717, 1.165) is 18.6 Å². The van der Waals surface area contributed by atoms with E-state index in [2.05, 4.69) is 58.4 Å². The normalized spacial score (nSPS) is 12.9. The van der Waals surface area contributed by atoms with Gasteiger partial charge in [0, 0.05) is 12.0 Å². The number of hydrogen-bond acceptors (Lipinski definition) is 5. The number of carbonyl (C=O) groups excluding carboxylic acids is 2. The number of rotatable bonds is 11. The summed E-state index contributed by atoms with van der Waals surface area (Å²) in [6, 6.07) is 6.41. The lowest BCUT2D eigenvalue weighted by Crippen LogP contribution is -2.21. The molecule has 1 N–H and O–H groups in total. The van der Waals surface area contributed by atoms with Crippen LogP contribution in [-0.4, -0.2) is 30.6 Å². The number of ketones is 1. The zero-order valence-corrected chi connectivity index (χ0v) is 19.8. The molecule has 0 spiro atoms. The molecule has 168 valence electrons. The van der Waals surface area contributed by atoms with Gasteiger partial charge < -0.3 is 14.6 Å². The molecule has 0 fully saturated rings. The molecule has 0 amide bonds. The van der Waals surface area contributed by atoms with Gasteiger partial charge in [-0.15, -0.1) is 0 Å². The summed E-state index contributed by atoms with van der Waals surface area (Å²) in [5.74, 6) is -0.753. The van der Waals surface area contributed by atoms with Gasteiger partial charge in [0.2, 0.25) is 0 Å². The van der Waals surface area contributed by atoms with Gasteiger partial charge in [0.15, 0.2) is 5.78 Å². The summed E-state index contributed by atoms with van der Waals surface area (Å²) in [6.45, 7) is 14.9. The minimum Gasteiger partial charge on any atom is -0.511 e. The van der Waals surface area contributed by atoms with E-state index in [-0.39, 0.29) is 28.6 Å². The second-order valence-corrected chi connectivity index (χ2v) is 9.01. The molecule has 0 aliphatic carbocycles. The Morgan fingerprint density at radius 3 is 2.13 bits per heavy atom. The van der Waals surface area contributed by atoms with E-state index in [9.17, 15) is 14.7 Å². The molecule has 0 atom stereocenters. The first kappa shape index (κ1) is 25.7. The van der Waals surface area contributed by atoms with Crippen LogP contribution in [0.3, 0.4) is 0 Å². The fourth-order valence-corrected chi connectivity index (χ4v) is 3.11. The number of esters is 1. The molecule has 0 aliphatic rings. The van der Waals surface area contributed by atoms with E-state index in [1.807, 2.05) is 6.07 Å². The standard InChI is InChI=1S/C25H38O5/c1-9-24(4,5)18-13-14-21(19(16-18)25(6,7)10-2)30-15-11-12-20(27)22(17(3)26)23(28)29-8/h13-14,16,27H,9-12,15H2,1-8H3. The van der Waals surface area contributed by atoms with E-state index in [1.165, 1.54) is 25.2 Å². The number of allylic oxidation sites excluding steroid dienone is 1. The van der Waals surface area contributed by atoms with E-state index >= 15 is 0 Å². The van der Waals surface area contributed by atoms with E-state index in [4.69, 9.17) is 4.74 Å². The predicted molar refractivity (Wildman–Crippen MR) is 120 cm³/mol. The fourth-order valence-electron chi connectivity index (χ4n) is 3.11. The average molecular weight is 419 g/mol. The highest BCUT2D eigenvalue weighted by Gasteiger charge is 2.26. The van der Waals surface area contributed by atoms with E-state index in [0.29, 0.717) is 13.0 Å². The SMILES string of the molecule is CCC(C)(C)c1ccc(OCCCC(O)=C(C(C)=O)C(=O)OC)c(C(C)(C)CC)c1. The van der Waals surface area contributed by atoms with Crippen LogP contribution < -0.4 is 4.74 Å². The molecule has 0 aromatic heterocycles. The Labute approximate surface area is 181 Å². The van der Waals surface area contributed by atoms with Crippen molar-refractivity contribution in [2.24, 2.45) is 0 Å². The number of Topliss-reactive ketones (excluding diaryl/α,β-unsaturated/α-hetero) is 1. The van der Waals surface area contributed by atoms with Crippen LogP contribution >= 0.6 is 0 Å². The summed E-state index contributed by atoms with van der Waals surface area (Å²) in [5.41, 5.74) is 2.21. The number of carbonyl (C=O) groups is 2. The van der Waals surface area contributed by atoms with Crippen LogP contribution in [-0.2, 0) is 25.2 Å². The average Bonchev–Trinajstić information content (AvgIpc) is 2.70. The highest BCUT2D eigenvalue weighted by molar-refractivity contribution is 6.16. The van der Waals surface area contributed by atoms with Gasteiger partial charge in [-0.25, -0.2) is 4.79 Å². The van der Waals surface area contributed by atoms with Gasteiger partial charge in [-0.3, -0.25) is 4.79 Å². The van der Waals surface area contributed by atoms with Gasteiger partial charge >= 0.3 is 5.97 Å². The van der Waals surface area contributed by atoms with Crippen molar-refractivity contribution in [1.82, 2.24) is 0 Å². The van der Waals surface area contributed by atoms with E-state index in [1.54, 1.807) is 0 Å². The molecule has 30 heavy (non-hydrogen) atoms. The van der Waals surface area contributed by atoms with Crippen LogP contribution in [0.2, 0.25) is 0 Å². The smallest absolute Gasteiger partial charge is 0.344 e. The molecule has 0 saturated carbocycles. The Morgan fingerprint density at radius 1 is 1.03 bits per heavy atom. The van der Waals surface area contributed by atoms with Gasteiger partial charge in [0.1, 0.15) is 17.1 Å². The third-order valence-corrected chi connectivity index (χ3v) is 6.10. The Hall–Kier alpha value is -2.30. The molecule has 1 aromatic rings. The zero-order valence-electron chi connectivity index (χ0n) is 19.8. The van der Waals surface area contributed by atoms with Crippen molar-refractivity contribution in [1.29, 1.82) is 0 Å². The van der Waals surface area contributed by atoms with Crippen molar-refractivity contribution < 1.29 is 24.2 Å². The molecule has 1 rings (SSSR count). The topological polar surface area (TPSA) is 72.8 Å². The first-order valence-electron chi connectivity index (χ1n) is 10.7. The number of aliphatic hydroxyl groups excluding tert-OH is 1. The largest absolute Gasteiger partial charge is 0.511 e. The van der Waals surface area contributed by atoms with Crippen molar-refractivity contribution in [2.45, 2.75) is 85.0 Å². The molecular formula is C25H38O5. The van der Waals surface area contributed by atoms with Crippen LogP contribution in [0.15, 0.2) is 29.5 Å². The Kier molecular flexibility index (Phi) is 9.13. The fraction of sp³-hybridized carbons (Fsp3) is 0.600. The van der Waals surface area contributed by atoms with Crippen LogP contribution in [0.25, 0.3) is 0 Å². The van der Waals surface area contributed by atoms with Crippen LogP contribution in [0.4, 0.5) is 0 Å². The number of methoxy groups -OCH3 is 1.